The van der Waals surface area contributed by atoms with Crippen LogP contribution in [0.25, 0.3) is 0 Å². The topological polar surface area (TPSA) is 110 Å². The summed E-state index contributed by atoms with van der Waals surface area (Å²) in [7, 11) is 0. The number of amides is 1. The molecule has 23 heavy (non-hydrogen) atoms. The highest BCUT2D eigenvalue weighted by Gasteiger charge is 2.19. The van der Waals surface area contributed by atoms with E-state index in [1.54, 1.807) is 26.0 Å². The minimum absolute atomic E-state index is 0.341. The summed E-state index contributed by atoms with van der Waals surface area (Å²) in [6.07, 6.45) is 8.49. The van der Waals surface area contributed by atoms with Gasteiger partial charge in [0.05, 0.1) is 12.5 Å². The number of furan rings is 1. The summed E-state index contributed by atoms with van der Waals surface area (Å²) in [5, 5.41) is 5.16. The molecule has 0 spiro atoms. The van der Waals surface area contributed by atoms with Crippen LogP contribution in [0, 0.1) is 0 Å². The van der Waals surface area contributed by atoms with Crippen molar-refractivity contribution < 1.29 is 9.21 Å². The Morgan fingerprint density at radius 2 is 2.26 bits per heavy atom. The molecule has 1 rings (SSSR count). The van der Waals surface area contributed by atoms with E-state index < -0.39 is 6.04 Å². The van der Waals surface area contributed by atoms with Gasteiger partial charge in [-0.25, -0.2) is 11.3 Å². The van der Waals surface area contributed by atoms with Crippen molar-refractivity contribution in [2.24, 2.45) is 16.7 Å². The van der Waals surface area contributed by atoms with Crippen LogP contribution in [-0.4, -0.2) is 23.2 Å². The number of nitrogens with zero attached hydrogens (tertiary/aromatic N) is 2. The van der Waals surface area contributed by atoms with E-state index in [0.29, 0.717) is 23.6 Å². The van der Waals surface area contributed by atoms with Crippen molar-refractivity contribution in [1.82, 2.24) is 10.4 Å². The molecule has 1 atom stereocenters. The second kappa shape index (κ2) is 9.47. The number of carbonyl (C=O) groups excluding carboxylic acids is 1. The average molecular weight is 319 g/mol. The lowest BCUT2D eigenvalue weighted by Crippen LogP contribution is -2.47. The molecule has 1 heterocycles. The molecule has 7 nitrogen and oxygen atoms in total. The molecule has 0 aliphatic carbocycles. The van der Waals surface area contributed by atoms with Crippen molar-refractivity contribution in [3.63, 3.8) is 0 Å². The number of rotatable bonds is 8. The molecule has 126 valence electrons. The third-order valence-electron chi connectivity index (χ3n) is 3.30. The quantitative estimate of drug-likeness (QED) is 0.293. The maximum atomic E-state index is 12.0. The SMILES string of the molecule is CC/C=C\C/C(N)=C(\C)N(N)C(C)C(=O)N/N=C/c1ccco1. The summed E-state index contributed by atoms with van der Waals surface area (Å²) < 4.78 is 5.07. The van der Waals surface area contributed by atoms with Gasteiger partial charge in [-0.3, -0.25) is 4.79 Å². The van der Waals surface area contributed by atoms with Crippen LogP contribution in [0.5, 0.6) is 0 Å². The second-order valence-corrected chi connectivity index (χ2v) is 5.03. The van der Waals surface area contributed by atoms with Crippen LogP contribution in [0.4, 0.5) is 0 Å². The van der Waals surface area contributed by atoms with Gasteiger partial charge >= 0.3 is 0 Å². The summed E-state index contributed by atoms with van der Waals surface area (Å²) in [6, 6.07) is 2.85. The van der Waals surface area contributed by atoms with Gasteiger partial charge in [-0.1, -0.05) is 19.1 Å². The number of hydrogen-bond acceptors (Lipinski definition) is 6. The average Bonchev–Trinajstić information content (AvgIpc) is 3.06. The van der Waals surface area contributed by atoms with E-state index in [1.165, 1.54) is 17.5 Å². The number of hydrazine groups is 1. The fourth-order valence-corrected chi connectivity index (χ4v) is 1.72. The van der Waals surface area contributed by atoms with Crippen LogP contribution in [0.2, 0.25) is 0 Å². The smallest absolute Gasteiger partial charge is 0.264 e. The van der Waals surface area contributed by atoms with Gasteiger partial charge in [-0.2, -0.15) is 5.10 Å². The maximum absolute atomic E-state index is 12.0. The first kappa shape index (κ1) is 18.5. The Morgan fingerprint density at radius 3 is 2.87 bits per heavy atom. The highest BCUT2D eigenvalue weighted by Crippen LogP contribution is 2.10. The summed E-state index contributed by atoms with van der Waals surface area (Å²) in [4.78, 5) is 12.0. The van der Waals surface area contributed by atoms with E-state index in [1.807, 2.05) is 19.1 Å². The first-order valence-corrected chi connectivity index (χ1v) is 7.47. The number of allylic oxidation sites excluding steroid dienone is 3. The molecule has 1 aromatic heterocycles. The van der Waals surface area contributed by atoms with E-state index in [0.717, 1.165) is 6.42 Å². The van der Waals surface area contributed by atoms with E-state index in [9.17, 15) is 4.79 Å². The van der Waals surface area contributed by atoms with Crippen LogP contribution in [-0.2, 0) is 4.79 Å². The molecule has 1 amide bonds. The predicted octanol–water partition coefficient (Wildman–Crippen LogP) is 1.84. The number of hydrazone groups is 1. The second-order valence-electron chi connectivity index (χ2n) is 5.03. The van der Waals surface area contributed by atoms with E-state index in [-0.39, 0.29) is 5.91 Å². The molecule has 0 bridgehead atoms. The number of carbonyl (C=O) groups is 1. The molecular weight excluding hydrogens is 294 g/mol. The van der Waals surface area contributed by atoms with Crippen LogP contribution in [0.3, 0.4) is 0 Å². The summed E-state index contributed by atoms with van der Waals surface area (Å²) in [5.41, 5.74) is 9.69. The van der Waals surface area contributed by atoms with Crippen molar-refractivity contribution in [2.45, 2.75) is 39.7 Å². The van der Waals surface area contributed by atoms with Crippen molar-refractivity contribution in [3.8, 4) is 0 Å². The van der Waals surface area contributed by atoms with E-state index >= 15 is 0 Å². The van der Waals surface area contributed by atoms with Gasteiger partial charge in [0.25, 0.3) is 5.91 Å². The fourth-order valence-electron chi connectivity index (χ4n) is 1.72. The molecule has 0 aliphatic heterocycles. The first-order chi connectivity index (χ1) is 11.0. The molecule has 5 N–H and O–H groups in total. The monoisotopic (exact) mass is 319 g/mol. The Bertz CT molecular complexity index is 575. The summed E-state index contributed by atoms with van der Waals surface area (Å²) in [6.45, 7) is 5.51. The summed E-state index contributed by atoms with van der Waals surface area (Å²) in [5.74, 6) is 6.18. The van der Waals surface area contributed by atoms with Crippen LogP contribution in [0.1, 0.15) is 39.4 Å². The Balaban J connectivity index is 2.59. The van der Waals surface area contributed by atoms with Gasteiger partial charge in [0, 0.05) is 17.8 Å². The minimum atomic E-state index is -0.613. The Morgan fingerprint density at radius 1 is 1.52 bits per heavy atom. The fraction of sp³-hybridized carbons (Fsp3) is 0.375. The third-order valence-corrected chi connectivity index (χ3v) is 3.30. The van der Waals surface area contributed by atoms with E-state index in [2.05, 4.69) is 10.5 Å². The largest absolute Gasteiger partial charge is 0.463 e. The first-order valence-electron chi connectivity index (χ1n) is 7.47. The Labute approximate surface area is 136 Å². The standard InChI is InChI=1S/C16H25N5O2/c1-4-5-6-9-15(17)12(2)21(18)13(3)16(22)20-19-11-14-8-7-10-23-14/h5-8,10-11,13H,4,9,17-18H2,1-3H3,(H,20,22)/b6-5-,15-12-,19-11+. The van der Waals surface area contributed by atoms with Crippen LogP contribution in [0.15, 0.2) is 51.5 Å². The molecule has 0 fully saturated rings. The number of nitrogens with one attached hydrogen (secondary N) is 1. The lowest BCUT2D eigenvalue weighted by molar-refractivity contribution is -0.125. The van der Waals surface area contributed by atoms with Crippen molar-refractivity contribution in [3.05, 3.63) is 47.7 Å². The predicted molar refractivity (Wildman–Crippen MR) is 90.9 cm³/mol. The molecule has 1 unspecified atom stereocenters. The number of hydrogen-bond donors (Lipinski definition) is 3. The molecule has 0 saturated carbocycles. The highest BCUT2D eigenvalue weighted by atomic mass is 16.3. The zero-order valence-electron chi connectivity index (χ0n) is 13.8. The molecule has 0 saturated heterocycles. The Hall–Kier alpha value is -2.54. The van der Waals surface area contributed by atoms with Gasteiger partial charge < -0.3 is 15.2 Å². The number of nitrogens with two attached hydrogens (primary N) is 2. The molecule has 0 aromatic carbocycles. The minimum Gasteiger partial charge on any atom is -0.463 e. The third kappa shape index (κ3) is 5.99. The highest BCUT2D eigenvalue weighted by molar-refractivity contribution is 5.83. The molecule has 7 heteroatoms. The zero-order valence-corrected chi connectivity index (χ0v) is 13.8. The zero-order chi connectivity index (χ0) is 17.2. The van der Waals surface area contributed by atoms with Gasteiger partial charge in [0.2, 0.25) is 0 Å². The van der Waals surface area contributed by atoms with Gasteiger partial charge in [-0.15, -0.1) is 0 Å². The normalized spacial score (nSPS) is 14.1. The lowest BCUT2D eigenvalue weighted by atomic mass is 10.2. The van der Waals surface area contributed by atoms with Gasteiger partial charge in [0.15, 0.2) is 0 Å². The van der Waals surface area contributed by atoms with Crippen molar-refractivity contribution >= 4 is 12.1 Å². The van der Waals surface area contributed by atoms with E-state index in [4.69, 9.17) is 16.0 Å². The van der Waals surface area contributed by atoms with Gasteiger partial charge in [0.1, 0.15) is 11.8 Å². The van der Waals surface area contributed by atoms with Crippen molar-refractivity contribution in [2.75, 3.05) is 0 Å². The lowest BCUT2D eigenvalue weighted by Gasteiger charge is -2.26. The maximum Gasteiger partial charge on any atom is 0.264 e. The van der Waals surface area contributed by atoms with Crippen LogP contribution >= 0.6 is 0 Å². The molecule has 0 radical (unpaired) electrons. The Kier molecular flexibility index (Phi) is 7.62. The van der Waals surface area contributed by atoms with Crippen LogP contribution < -0.4 is 17.0 Å². The molecular formula is C16H25N5O2. The van der Waals surface area contributed by atoms with Gasteiger partial charge in [-0.05, 0) is 32.4 Å². The van der Waals surface area contributed by atoms with Crippen molar-refractivity contribution in [1.29, 1.82) is 0 Å². The molecule has 0 aliphatic rings. The molecule has 1 aromatic rings. The summed E-state index contributed by atoms with van der Waals surface area (Å²) >= 11 is 0.